The Bertz CT molecular complexity index is 536. The Morgan fingerprint density at radius 2 is 1.00 bits per heavy atom. The Morgan fingerprint density at radius 1 is 0.714 bits per heavy atom. The summed E-state index contributed by atoms with van der Waals surface area (Å²) in [5.41, 5.74) is 0. The summed E-state index contributed by atoms with van der Waals surface area (Å²) in [6.07, 6.45) is -11.3. The molecular formula is C12H14F6N2O6S2. The predicted molar refractivity (Wildman–Crippen MR) is 85.4 cm³/mol. The molecule has 0 aliphatic heterocycles. The summed E-state index contributed by atoms with van der Waals surface area (Å²) in [6.45, 7) is 0. The van der Waals surface area contributed by atoms with Crippen LogP contribution in [0.25, 0.3) is 0 Å². The SMILES string of the molecule is O=C(O)[C@H](CCSSCC[C@H](NC(=O)C(F)(F)F)C(=O)O)NC(=O)C(F)(F)F. The third-order valence-corrected chi connectivity index (χ3v) is 5.26. The highest BCUT2D eigenvalue weighted by molar-refractivity contribution is 8.76. The zero-order valence-electron chi connectivity index (χ0n) is 13.6. The summed E-state index contributed by atoms with van der Waals surface area (Å²) in [7, 11) is 1.81. The van der Waals surface area contributed by atoms with E-state index in [2.05, 4.69) is 0 Å². The maximum atomic E-state index is 12.1. The molecule has 2 amide bonds. The van der Waals surface area contributed by atoms with Crippen molar-refractivity contribution >= 4 is 45.3 Å². The van der Waals surface area contributed by atoms with Crippen LogP contribution in [0.3, 0.4) is 0 Å². The molecule has 4 N–H and O–H groups in total. The number of rotatable bonds is 11. The molecule has 0 aromatic rings. The Balaban J connectivity index is 4.31. The lowest BCUT2D eigenvalue weighted by molar-refractivity contribution is -0.175. The van der Waals surface area contributed by atoms with E-state index in [1.807, 2.05) is 0 Å². The molecule has 0 aromatic heterocycles. The van der Waals surface area contributed by atoms with Crippen molar-refractivity contribution in [1.29, 1.82) is 0 Å². The fraction of sp³-hybridized carbons (Fsp3) is 0.667. The van der Waals surface area contributed by atoms with E-state index in [0.29, 0.717) is 0 Å². The van der Waals surface area contributed by atoms with Crippen molar-refractivity contribution in [2.45, 2.75) is 37.3 Å². The fourth-order valence-corrected chi connectivity index (χ4v) is 3.63. The first-order valence-electron chi connectivity index (χ1n) is 7.11. The molecule has 0 heterocycles. The molecule has 0 saturated carbocycles. The molecule has 162 valence electrons. The summed E-state index contributed by atoms with van der Waals surface area (Å²) in [5.74, 6) is -8.34. The first-order valence-corrected chi connectivity index (χ1v) is 9.60. The summed E-state index contributed by atoms with van der Waals surface area (Å²) < 4.78 is 72.6. The fourth-order valence-electron chi connectivity index (χ4n) is 1.44. The number of aliphatic carboxylic acids is 2. The zero-order chi connectivity index (χ0) is 22.1. The first-order chi connectivity index (χ1) is 12.7. The molecule has 0 aliphatic carbocycles. The molecule has 2 atom stereocenters. The van der Waals surface area contributed by atoms with Crippen molar-refractivity contribution in [3.63, 3.8) is 0 Å². The number of nitrogens with one attached hydrogen (secondary N) is 2. The number of halogens is 6. The minimum absolute atomic E-state index is 0.0631. The maximum absolute atomic E-state index is 12.1. The van der Waals surface area contributed by atoms with Crippen molar-refractivity contribution in [2.75, 3.05) is 11.5 Å². The van der Waals surface area contributed by atoms with Gasteiger partial charge < -0.3 is 20.8 Å². The Hall–Kier alpha value is -1.84. The third-order valence-electron chi connectivity index (χ3n) is 2.78. The van der Waals surface area contributed by atoms with E-state index >= 15 is 0 Å². The highest BCUT2D eigenvalue weighted by Crippen LogP contribution is 2.24. The molecule has 0 rings (SSSR count). The summed E-state index contributed by atoms with van der Waals surface area (Å²) in [6, 6.07) is -3.61. The lowest BCUT2D eigenvalue weighted by Gasteiger charge is -2.16. The number of carbonyl (C=O) groups excluding carboxylic acids is 2. The lowest BCUT2D eigenvalue weighted by Crippen LogP contribution is -2.47. The Kier molecular flexibility index (Phi) is 10.5. The van der Waals surface area contributed by atoms with Crippen LogP contribution in [0.2, 0.25) is 0 Å². The van der Waals surface area contributed by atoms with Gasteiger partial charge in [0.2, 0.25) is 0 Å². The van der Waals surface area contributed by atoms with Crippen molar-refractivity contribution < 1.29 is 55.7 Å². The number of hydrogen-bond donors (Lipinski definition) is 4. The van der Waals surface area contributed by atoms with Crippen LogP contribution < -0.4 is 10.6 Å². The second-order valence-electron chi connectivity index (χ2n) is 4.95. The van der Waals surface area contributed by atoms with Crippen LogP contribution >= 0.6 is 21.6 Å². The largest absolute Gasteiger partial charge is 0.480 e. The second kappa shape index (κ2) is 11.2. The van der Waals surface area contributed by atoms with E-state index in [-0.39, 0.29) is 24.3 Å². The number of alkyl halides is 6. The van der Waals surface area contributed by atoms with Gasteiger partial charge in [0.1, 0.15) is 12.1 Å². The molecule has 0 radical (unpaired) electrons. The van der Waals surface area contributed by atoms with Crippen LogP contribution in [0, 0.1) is 0 Å². The molecule has 0 bridgehead atoms. The normalized spacial score (nSPS) is 14.1. The highest BCUT2D eigenvalue weighted by Gasteiger charge is 2.41. The Labute approximate surface area is 161 Å². The van der Waals surface area contributed by atoms with Gasteiger partial charge in [-0.1, -0.05) is 21.6 Å². The predicted octanol–water partition coefficient (Wildman–Crippen LogP) is 1.41. The van der Waals surface area contributed by atoms with E-state index in [0.717, 1.165) is 21.6 Å². The number of carboxylic acids is 2. The minimum atomic E-state index is -5.25. The van der Waals surface area contributed by atoms with Gasteiger partial charge in [0.15, 0.2) is 0 Å². The topological polar surface area (TPSA) is 133 Å². The average molecular weight is 460 g/mol. The van der Waals surface area contributed by atoms with Gasteiger partial charge in [-0.25, -0.2) is 9.59 Å². The third kappa shape index (κ3) is 10.5. The van der Waals surface area contributed by atoms with Gasteiger partial charge >= 0.3 is 36.1 Å². The Morgan fingerprint density at radius 3 is 1.21 bits per heavy atom. The number of amides is 2. The summed E-state index contributed by atoms with van der Waals surface area (Å²) >= 11 is 0. The molecule has 0 spiro atoms. The van der Waals surface area contributed by atoms with Gasteiger partial charge in [-0.3, -0.25) is 9.59 Å². The molecular weight excluding hydrogens is 446 g/mol. The molecule has 0 aliphatic rings. The van der Waals surface area contributed by atoms with Gasteiger partial charge in [-0.05, 0) is 12.8 Å². The molecule has 0 unspecified atom stereocenters. The van der Waals surface area contributed by atoms with Crippen LogP contribution in [0.5, 0.6) is 0 Å². The number of carboxylic acid groups (broad SMARTS) is 2. The molecule has 16 heteroatoms. The van der Waals surface area contributed by atoms with Gasteiger partial charge in [0.05, 0.1) is 0 Å². The van der Waals surface area contributed by atoms with Crippen LogP contribution in [-0.4, -0.2) is 69.9 Å². The second-order valence-corrected chi connectivity index (χ2v) is 7.65. The van der Waals surface area contributed by atoms with Gasteiger partial charge in [-0.15, -0.1) is 0 Å². The molecule has 0 saturated heterocycles. The number of carbonyl (C=O) groups is 4. The highest BCUT2D eigenvalue weighted by atomic mass is 33.1. The molecule has 0 fully saturated rings. The van der Waals surface area contributed by atoms with Crippen LogP contribution in [0.1, 0.15) is 12.8 Å². The van der Waals surface area contributed by atoms with Crippen LogP contribution in [0.15, 0.2) is 0 Å². The van der Waals surface area contributed by atoms with Crippen molar-refractivity contribution in [2.24, 2.45) is 0 Å². The lowest BCUT2D eigenvalue weighted by atomic mass is 10.2. The quantitative estimate of drug-likeness (QED) is 0.207. The molecule has 28 heavy (non-hydrogen) atoms. The van der Waals surface area contributed by atoms with E-state index in [1.165, 1.54) is 10.6 Å². The maximum Gasteiger partial charge on any atom is 0.471 e. The van der Waals surface area contributed by atoms with Crippen LogP contribution in [0.4, 0.5) is 26.3 Å². The summed E-state index contributed by atoms with van der Waals surface area (Å²) in [5, 5.41) is 20.2. The van der Waals surface area contributed by atoms with E-state index < -0.39 is 48.2 Å². The minimum Gasteiger partial charge on any atom is -0.480 e. The first kappa shape index (κ1) is 26.2. The van der Waals surface area contributed by atoms with E-state index in [1.54, 1.807) is 0 Å². The standard InChI is InChI=1S/C12H14F6N2O6S2/c13-11(14,15)9(25)19-5(7(21)22)1-3-27-28-4-2-6(8(23)24)20-10(26)12(16,17)18/h5-6H,1-4H2,(H,19,25)(H,20,26)(H,21,22)(H,23,24)/t5-,6-/m0/s1. The van der Waals surface area contributed by atoms with Crippen molar-refractivity contribution in [1.82, 2.24) is 10.6 Å². The zero-order valence-corrected chi connectivity index (χ0v) is 15.2. The van der Waals surface area contributed by atoms with Crippen LogP contribution in [-0.2, 0) is 19.2 Å². The van der Waals surface area contributed by atoms with Gasteiger partial charge in [0.25, 0.3) is 0 Å². The van der Waals surface area contributed by atoms with E-state index in [4.69, 9.17) is 10.2 Å². The molecule has 0 aromatic carbocycles. The summed E-state index contributed by atoms with van der Waals surface area (Å²) in [4.78, 5) is 43.1. The van der Waals surface area contributed by atoms with Gasteiger partial charge in [0, 0.05) is 11.5 Å². The van der Waals surface area contributed by atoms with E-state index in [9.17, 15) is 45.5 Å². The van der Waals surface area contributed by atoms with Crippen molar-refractivity contribution in [3.05, 3.63) is 0 Å². The average Bonchev–Trinajstić information content (AvgIpc) is 2.52. The molecule has 8 nitrogen and oxygen atoms in total. The smallest absolute Gasteiger partial charge is 0.471 e. The van der Waals surface area contributed by atoms with Gasteiger partial charge in [-0.2, -0.15) is 26.3 Å². The number of hydrogen-bond acceptors (Lipinski definition) is 6. The van der Waals surface area contributed by atoms with Crippen molar-refractivity contribution in [3.8, 4) is 0 Å². The monoisotopic (exact) mass is 460 g/mol.